The molecule has 0 saturated carbocycles. The van der Waals surface area contributed by atoms with E-state index in [1.165, 1.54) is 0 Å². The Kier molecular flexibility index (Phi) is 4.79. The molecule has 1 amide bonds. The highest BCUT2D eigenvalue weighted by Gasteiger charge is 2.09. The first kappa shape index (κ1) is 12.5. The highest BCUT2D eigenvalue weighted by Crippen LogP contribution is 2.17. The van der Waals surface area contributed by atoms with Crippen molar-refractivity contribution in [1.82, 2.24) is 0 Å². The van der Waals surface area contributed by atoms with Gasteiger partial charge in [-0.05, 0) is 30.7 Å². The summed E-state index contributed by atoms with van der Waals surface area (Å²) in [6.45, 7) is 0.592. The number of amides is 1. The van der Waals surface area contributed by atoms with Gasteiger partial charge in [0.15, 0.2) is 0 Å². The summed E-state index contributed by atoms with van der Waals surface area (Å²) in [6, 6.07) is 6.55. The molecule has 1 aromatic rings. The maximum atomic E-state index is 11.7. The van der Waals surface area contributed by atoms with Gasteiger partial charge in [0.2, 0.25) is 5.91 Å². The topological polar surface area (TPSA) is 49.8 Å². The van der Waals surface area contributed by atoms with Crippen molar-refractivity contribution in [3.05, 3.63) is 24.3 Å². The van der Waals surface area contributed by atoms with Crippen molar-refractivity contribution in [3.63, 3.8) is 0 Å². The first-order valence-electron chi connectivity index (χ1n) is 5.19. The molecule has 0 fully saturated rings. The molecule has 0 radical (unpaired) electrons. The molecule has 0 aliphatic rings. The van der Waals surface area contributed by atoms with Crippen LogP contribution in [-0.2, 0) is 9.53 Å². The highest BCUT2D eigenvalue weighted by molar-refractivity contribution is 5.92. The molecule has 4 nitrogen and oxygen atoms in total. The van der Waals surface area contributed by atoms with Crippen LogP contribution in [-0.4, -0.2) is 31.8 Å². The number of aromatic hydroxyl groups is 1. The minimum Gasteiger partial charge on any atom is -0.508 e. The fraction of sp³-hybridized carbons (Fsp3) is 0.417. The van der Waals surface area contributed by atoms with Crippen LogP contribution in [0.5, 0.6) is 5.75 Å². The Morgan fingerprint density at radius 3 is 2.56 bits per heavy atom. The van der Waals surface area contributed by atoms with Crippen LogP contribution in [0.4, 0.5) is 5.69 Å². The van der Waals surface area contributed by atoms with Crippen molar-refractivity contribution in [3.8, 4) is 5.75 Å². The fourth-order valence-corrected chi connectivity index (χ4v) is 1.36. The number of phenolic OH excluding ortho intramolecular Hbond substituents is 1. The summed E-state index contributed by atoms with van der Waals surface area (Å²) in [6.07, 6.45) is 1.18. The molecule has 0 heterocycles. The van der Waals surface area contributed by atoms with Crippen LogP contribution >= 0.6 is 0 Å². The molecule has 0 spiro atoms. The monoisotopic (exact) mass is 223 g/mol. The molecule has 0 atom stereocenters. The lowest BCUT2D eigenvalue weighted by atomic mass is 10.2. The summed E-state index contributed by atoms with van der Waals surface area (Å²) < 4.78 is 4.89. The van der Waals surface area contributed by atoms with Crippen molar-refractivity contribution >= 4 is 11.6 Å². The summed E-state index contributed by atoms with van der Waals surface area (Å²) in [5, 5.41) is 9.13. The number of ether oxygens (including phenoxy) is 1. The van der Waals surface area contributed by atoms with Gasteiger partial charge in [0, 0.05) is 32.9 Å². The second-order valence-corrected chi connectivity index (χ2v) is 3.57. The maximum Gasteiger partial charge on any atom is 0.226 e. The zero-order valence-electron chi connectivity index (χ0n) is 9.64. The predicted molar refractivity (Wildman–Crippen MR) is 62.6 cm³/mol. The Morgan fingerprint density at radius 1 is 1.38 bits per heavy atom. The van der Waals surface area contributed by atoms with Crippen LogP contribution < -0.4 is 4.90 Å². The Hall–Kier alpha value is -1.55. The Labute approximate surface area is 95.5 Å². The minimum absolute atomic E-state index is 0.0442. The van der Waals surface area contributed by atoms with E-state index in [1.807, 2.05) is 0 Å². The normalized spacial score (nSPS) is 10.1. The van der Waals surface area contributed by atoms with Gasteiger partial charge < -0.3 is 14.7 Å². The third-order valence-electron chi connectivity index (χ3n) is 2.35. The molecule has 0 aromatic heterocycles. The van der Waals surface area contributed by atoms with E-state index < -0.39 is 0 Å². The van der Waals surface area contributed by atoms with E-state index in [0.29, 0.717) is 13.0 Å². The molecular weight excluding hydrogens is 206 g/mol. The average molecular weight is 223 g/mol. The molecular formula is C12H17NO3. The number of rotatable bonds is 5. The first-order valence-corrected chi connectivity index (χ1v) is 5.19. The average Bonchev–Trinajstić information content (AvgIpc) is 2.29. The molecule has 0 aliphatic heterocycles. The molecule has 1 rings (SSSR count). The molecule has 88 valence electrons. The summed E-state index contributed by atoms with van der Waals surface area (Å²) >= 11 is 0. The molecule has 16 heavy (non-hydrogen) atoms. The van der Waals surface area contributed by atoms with Crippen molar-refractivity contribution in [1.29, 1.82) is 0 Å². The number of hydrogen-bond acceptors (Lipinski definition) is 3. The quantitative estimate of drug-likeness (QED) is 0.774. The van der Waals surface area contributed by atoms with E-state index in [9.17, 15) is 4.79 Å². The van der Waals surface area contributed by atoms with Crippen LogP contribution in [0.15, 0.2) is 24.3 Å². The fourth-order valence-electron chi connectivity index (χ4n) is 1.36. The summed E-state index contributed by atoms with van der Waals surface area (Å²) in [5.41, 5.74) is 0.778. The molecule has 0 aliphatic carbocycles. The summed E-state index contributed by atoms with van der Waals surface area (Å²) in [7, 11) is 3.34. The van der Waals surface area contributed by atoms with Gasteiger partial charge in [-0.25, -0.2) is 0 Å². The van der Waals surface area contributed by atoms with Crippen LogP contribution in [0, 0.1) is 0 Å². The van der Waals surface area contributed by atoms with Crippen LogP contribution in [0.1, 0.15) is 12.8 Å². The maximum absolute atomic E-state index is 11.7. The van der Waals surface area contributed by atoms with Gasteiger partial charge in [-0.15, -0.1) is 0 Å². The van der Waals surface area contributed by atoms with Crippen LogP contribution in [0.2, 0.25) is 0 Å². The number of phenols is 1. The SMILES string of the molecule is COCCCC(=O)N(C)c1ccc(O)cc1. The van der Waals surface area contributed by atoms with Crippen molar-refractivity contribution in [2.45, 2.75) is 12.8 Å². The Morgan fingerprint density at radius 2 is 2.00 bits per heavy atom. The second kappa shape index (κ2) is 6.12. The van der Waals surface area contributed by atoms with Gasteiger partial charge in [0.05, 0.1) is 0 Å². The molecule has 1 aromatic carbocycles. The smallest absolute Gasteiger partial charge is 0.226 e. The van der Waals surface area contributed by atoms with E-state index >= 15 is 0 Å². The van der Waals surface area contributed by atoms with Crippen LogP contribution in [0.25, 0.3) is 0 Å². The Balaban J connectivity index is 2.53. The van der Waals surface area contributed by atoms with Crippen molar-refractivity contribution in [2.24, 2.45) is 0 Å². The molecule has 1 N–H and O–H groups in total. The number of methoxy groups -OCH3 is 1. The number of carbonyl (C=O) groups is 1. The van der Waals surface area contributed by atoms with Gasteiger partial charge >= 0.3 is 0 Å². The number of anilines is 1. The van der Waals surface area contributed by atoms with Gasteiger partial charge in [-0.1, -0.05) is 0 Å². The number of benzene rings is 1. The zero-order chi connectivity index (χ0) is 12.0. The Bertz CT molecular complexity index is 335. The lowest BCUT2D eigenvalue weighted by Gasteiger charge is -2.17. The number of carbonyl (C=O) groups excluding carboxylic acids is 1. The van der Waals surface area contributed by atoms with E-state index in [-0.39, 0.29) is 11.7 Å². The lowest BCUT2D eigenvalue weighted by Crippen LogP contribution is -2.26. The lowest BCUT2D eigenvalue weighted by molar-refractivity contribution is -0.118. The van der Waals surface area contributed by atoms with Crippen molar-refractivity contribution in [2.75, 3.05) is 25.7 Å². The number of nitrogens with zero attached hydrogens (tertiary/aromatic N) is 1. The third-order valence-corrected chi connectivity index (χ3v) is 2.35. The van der Waals surface area contributed by atoms with E-state index in [0.717, 1.165) is 12.1 Å². The van der Waals surface area contributed by atoms with Crippen molar-refractivity contribution < 1.29 is 14.6 Å². The van der Waals surface area contributed by atoms with Gasteiger partial charge in [-0.3, -0.25) is 4.79 Å². The van der Waals surface area contributed by atoms with Gasteiger partial charge in [0.1, 0.15) is 5.75 Å². The molecule has 4 heteroatoms. The third kappa shape index (κ3) is 3.55. The molecule has 0 unspecified atom stereocenters. The molecule has 0 saturated heterocycles. The van der Waals surface area contributed by atoms with E-state index in [2.05, 4.69) is 0 Å². The van der Waals surface area contributed by atoms with Crippen LogP contribution in [0.3, 0.4) is 0 Å². The van der Waals surface area contributed by atoms with E-state index in [1.54, 1.807) is 43.3 Å². The van der Waals surface area contributed by atoms with E-state index in [4.69, 9.17) is 9.84 Å². The summed E-state index contributed by atoms with van der Waals surface area (Å²) in [5.74, 6) is 0.242. The zero-order valence-corrected chi connectivity index (χ0v) is 9.64. The molecule has 0 bridgehead atoms. The first-order chi connectivity index (χ1) is 7.65. The predicted octanol–water partition coefficient (Wildman–Crippen LogP) is 1.78. The standard InChI is InChI=1S/C12H17NO3/c1-13(12(15)4-3-9-16-2)10-5-7-11(14)8-6-10/h5-8,14H,3-4,9H2,1-2H3. The highest BCUT2D eigenvalue weighted by atomic mass is 16.5. The second-order valence-electron chi connectivity index (χ2n) is 3.57. The van der Waals surface area contributed by atoms with Gasteiger partial charge in [0.25, 0.3) is 0 Å². The largest absolute Gasteiger partial charge is 0.508 e. The minimum atomic E-state index is 0.0442. The summed E-state index contributed by atoms with van der Waals surface area (Å²) in [4.78, 5) is 13.3. The number of hydrogen-bond donors (Lipinski definition) is 1. The van der Waals surface area contributed by atoms with Gasteiger partial charge in [-0.2, -0.15) is 0 Å².